The summed E-state index contributed by atoms with van der Waals surface area (Å²) in [6, 6.07) is 1.23. The van der Waals surface area contributed by atoms with Crippen molar-refractivity contribution >= 4 is 17.4 Å². The van der Waals surface area contributed by atoms with Crippen molar-refractivity contribution in [2.75, 3.05) is 18.0 Å². The van der Waals surface area contributed by atoms with Crippen LogP contribution in [0.3, 0.4) is 0 Å². The SMILES string of the molecule is OC1CCN(c2ncc(Cl)cc2F)C1. The van der Waals surface area contributed by atoms with Gasteiger partial charge in [0.15, 0.2) is 11.6 Å². The lowest BCUT2D eigenvalue weighted by atomic mass is 10.3. The number of aliphatic hydroxyl groups is 1. The molecule has 0 aliphatic carbocycles. The Labute approximate surface area is 86.1 Å². The molecule has 1 atom stereocenters. The molecular formula is C9H10ClFN2O. The molecule has 1 aliphatic rings. The Kier molecular flexibility index (Phi) is 2.56. The Balaban J connectivity index is 2.24. The van der Waals surface area contributed by atoms with Gasteiger partial charge in [-0.1, -0.05) is 11.6 Å². The highest BCUT2D eigenvalue weighted by atomic mass is 35.5. The Morgan fingerprint density at radius 3 is 3.00 bits per heavy atom. The number of nitrogens with zero attached hydrogens (tertiary/aromatic N) is 2. The van der Waals surface area contributed by atoms with E-state index in [1.165, 1.54) is 12.3 Å². The predicted molar refractivity (Wildman–Crippen MR) is 52.0 cm³/mol. The zero-order valence-electron chi connectivity index (χ0n) is 7.45. The molecule has 5 heteroatoms. The van der Waals surface area contributed by atoms with Gasteiger partial charge in [0.05, 0.1) is 11.1 Å². The Hall–Kier alpha value is -0.870. The van der Waals surface area contributed by atoms with Crippen molar-refractivity contribution < 1.29 is 9.50 Å². The number of rotatable bonds is 1. The van der Waals surface area contributed by atoms with Crippen LogP contribution in [-0.2, 0) is 0 Å². The number of aliphatic hydroxyl groups excluding tert-OH is 1. The van der Waals surface area contributed by atoms with Crippen LogP contribution in [0.1, 0.15) is 6.42 Å². The summed E-state index contributed by atoms with van der Waals surface area (Å²) >= 11 is 5.58. The molecule has 2 heterocycles. The quantitative estimate of drug-likeness (QED) is 0.772. The minimum Gasteiger partial charge on any atom is -0.391 e. The molecule has 1 saturated heterocycles. The van der Waals surface area contributed by atoms with Crippen LogP contribution >= 0.6 is 11.6 Å². The van der Waals surface area contributed by atoms with Gasteiger partial charge in [-0.25, -0.2) is 9.37 Å². The number of aromatic nitrogens is 1. The Morgan fingerprint density at radius 1 is 1.64 bits per heavy atom. The van der Waals surface area contributed by atoms with E-state index in [1.807, 2.05) is 0 Å². The maximum Gasteiger partial charge on any atom is 0.167 e. The van der Waals surface area contributed by atoms with E-state index in [0.717, 1.165) is 0 Å². The van der Waals surface area contributed by atoms with E-state index in [-0.39, 0.29) is 16.9 Å². The lowest BCUT2D eigenvalue weighted by Gasteiger charge is -2.16. The molecule has 2 rings (SSSR count). The summed E-state index contributed by atoms with van der Waals surface area (Å²) in [6.45, 7) is 1.07. The summed E-state index contributed by atoms with van der Waals surface area (Å²) < 4.78 is 13.4. The average Bonchev–Trinajstić information content (AvgIpc) is 2.51. The van der Waals surface area contributed by atoms with Crippen molar-refractivity contribution in [2.24, 2.45) is 0 Å². The summed E-state index contributed by atoms with van der Waals surface area (Å²) in [5, 5.41) is 9.57. The number of β-amino-alcohol motifs (C(OH)–C–C–N with tert-alkyl or cyclic N) is 1. The second-order valence-corrected chi connectivity index (χ2v) is 3.78. The molecule has 0 spiro atoms. The maximum absolute atomic E-state index is 13.4. The Bertz CT molecular complexity index is 348. The van der Waals surface area contributed by atoms with E-state index in [2.05, 4.69) is 4.98 Å². The maximum atomic E-state index is 13.4. The fraction of sp³-hybridized carbons (Fsp3) is 0.444. The van der Waals surface area contributed by atoms with Crippen molar-refractivity contribution in [3.63, 3.8) is 0 Å². The van der Waals surface area contributed by atoms with Crippen LogP contribution in [0.15, 0.2) is 12.3 Å². The molecular weight excluding hydrogens is 207 g/mol. The minimum atomic E-state index is -0.438. The topological polar surface area (TPSA) is 36.4 Å². The second kappa shape index (κ2) is 3.71. The van der Waals surface area contributed by atoms with Gasteiger partial charge < -0.3 is 10.0 Å². The zero-order valence-corrected chi connectivity index (χ0v) is 8.21. The molecule has 1 fully saturated rings. The lowest BCUT2D eigenvalue weighted by molar-refractivity contribution is 0.198. The van der Waals surface area contributed by atoms with Crippen molar-refractivity contribution in [1.82, 2.24) is 4.98 Å². The summed E-state index contributed by atoms with van der Waals surface area (Å²) in [5.74, 6) is -0.169. The van der Waals surface area contributed by atoms with Crippen molar-refractivity contribution in [1.29, 1.82) is 0 Å². The van der Waals surface area contributed by atoms with Gasteiger partial charge in [0.2, 0.25) is 0 Å². The standard InChI is InChI=1S/C9H10ClFN2O/c10-6-3-8(11)9(12-4-6)13-2-1-7(14)5-13/h3-4,7,14H,1-2,5H2. The van der Waals surface area contributed by atoms with Crippen LogP contribution in [0.25, 0.3) is 0 Å². The van der Waals surface area contributed by atoms with Gasteiger partial charge in [0.1, 0.15) is 0 Å². The molecule has 0 saturated carbocycles. The first-order valence-electron chi connectivity index (χ1n) is 4.41. The third-order valence-corrected chi connectivity index (χ3v) is 2.46. The van der Waals surface area contributed by atoms with Crippen LogP contribution in [0, 0.1) is 5.82 Å². The number of pyridine rings is 1. The fourth-order valence-corrected chi connectivity index (χ4v) is 1.72. The van der Waals surface area contributed by atoms with Gasteiger partial charge in [-0.05, 0) is 12.5 Å². The molecule has 0 aromatic carbocycles. The van der Waals surface area contributed by atoms with Gasteiger partial charge in [-0.2, -0.15) is 0 Å². The van der Waals surface area contributed by atoms with Gasteiger partial charge in [-0.15, -0.1) is 0 Å². The van der Waals surface area contributed by atoms with Crippen molar-refractivity contribution in [3.05, 3.63) is 23.1 Å². The highest BCUT2D eigenvalue weighted by molar-refractivity contribution is 6.30. The number of hydrogen-bond donors (Lipinski definition) is 1. The van der Waals surface area contributed by atoms with Crippen LogP contribution in [0.4, 0.5) is 10.2 Å². The molecule has 0 radical (unpaired) electrons. The smallest absolute Gasteiger partial charge is 0.167 e. The summed E-state index contributed by atoms with van der Waals surface area (Å²) in [4.78, 5) is 5.62. The molecule has 0 bridgehead atoms. The van der Waals surface area contributed by atoms with E-state index in [0.29, 0.717) is 19.5 Å². The van der Waals surface area contributed by atoms with Crippen LogP contribution in [0.2, 0.25) is 5.02 Å². The van der Waals surface area contributed by atoms with E-state index in [9.17, 15) is 9.50 Å². The van der Waals surface area contributed by atoms with Crippen LogP contribution in [-0.4, -0.2) is 29.3 Å². The van der Waals surface area contributed by atoms with Crippen molar-refractivity contribution in [3.8, 4) is 0 Å². The number of anilines is 1. The van der Waals surface area contributed by atoms with Gasteiger partial charge in [0, 0.05) is 19.3 Å². The van der Waals surface area contributed by atoms with Crippen molar-refractivity contribution in [2.45, 2.75) is 12.5 Å². The molecule has 0 amide bonds. The zero-order chi connectivity index (χ0) is 10.1. The monoisotopic (exact) mass is 216 g/mol. The highest BCUT2D eigenvalue weighted by Crippen LogP contribution is 2.23. The first kappa shape index (κ1) is 9.68. The largest absolute Gasteiger partial charge is 0.391 e. The van der Waals surface area contributed by atoms with Gasteiger partial charge >= 0.3 is 0 Å². The van der Waals surface area contributed by atoms with E-state index >= 15 is 0 Å². The second-order valence-electron chi connectivity index (χ2n) is 3.35. The molecule has 1 unspecified atom stereocenters. The molecule has 1 N–H and O–H groups in total. The molecule has 1 aromatic rings. The molecule has 14 heavy (non-hydrogen) atoms. The molecule has 1 aromatic heterocycles. The summed E-state index contributed by atoms with van der Waals surface area (Å²) in [7, 11) is 0. The summed E-state index contributed by atoms with van der Waals surface area (Å²) in [5.41, 5.74) is 0. The third kappa shape index (κ3) is 1.81. The molecule has 76 valence electrons. The predicted octanol–water partition coefficient (Wildman–Crippen LogP) is 1.45. The molecule has 3 nitrogen and oxygen atoms in total. The van der Waals surface area contributed by atoms with E-state index in [4.69, 9.17) is 11.6 Å². The third-order valence-electron chi connectivity index (χ3n) is 2.25. The molecule has 1 aliphatic heterocycles. The lowest BCUT2D eigenvalue weighted by Crippen LogP contribution is -2.23. The van der Waals surface area contributed by atoms with Gasteiger partial charge in [0.25, 0.3) is 0 Å². The minimum absolute atomic E-state index is 0.269. The number of halogens is 2. The van der Waals surface area contributed by atoms with Gasteiger partial charge in [-0.3, -0.25) is 0 Å². The fourth-order valence-electron chi connectivity index (χ4n) is 1.57. The summed E-state index contributed by atoms with van der Waals surface area (Å²) in [6.07, 6.45) is 1.68. The normalized spacial score (nSPS) is 21.6. The first-order chi connectivity index (χ1) is 6.66. The average molecular weight is 217 g/mol. The van der Waals surface area contributed by atoms with Crippen LogP contribution in [0.5, 0.6) is 0 Å². The first-order valence-corrected chi connectivity index (χ1v) is 4.78. The number of hydrogen-bond acceptors (Lipinski definition) is 3. The highest BCUT2D eigenvalue weighted by Gasteiger charge is 2.23. The van der Waals surface area contributed by atoms with E-state index in [1.54, 1.807) is 4.90 Å². The van der Waals surface area contributed by atoms with E-state index < -0.39 is 5.82 Å². The Morgan fingerprint density at radius 2 is 2.43 bits per heavy atom. The van der Waals surface area contributed by atoms with Crippen LogP contribution < -0.4 is 4.90 Å².